The van der Waals surface area contributed by atoms with Crippen molar-refractivity contribution < 1.29 is 29.1 Å². The van der Waals surface area contributed by atoms with Crippen LogP contribution in [0.2, 0.25) is 0 Å². The minimum absolute atomic E-state index is 0.206. The first-order valence-corrected chi connectivity index (χ1v) is 14.9. The number of carbonyl (C=O) groups excluding carboxylic acids is 4. The van der Waals surface area contributed by atoms with E-state index in [4.69, 9.17) is 16.6 Å². The van der Waals surface area contributed by atoms with Crippen molar-refractivity contribution in [1.29, 1.82) is 0 Å². The number of aliphatic carboxylic acids is 1. The largest absolute Gasteiger partial charge is 0.480 e. The molecular formula is C28H54N6O6. The van der Waals surface area contributed by atoms with Crippen molar-refractivity contribution in [2.75, 3.05) is 13.1 Å². The van der Waals surface area contributed by atoms with Crippen molar-refractivity contribution in [2.24, 2.45) is 11.5 Å². The number of hydrogen-bond donors (Lipinski definition) is 7. The number of carboxylic acid groups (broad SMARTS) is 1. The number of amides is 4. The summed E-state index contributed by atoms with van der Waals surface area (Å²) in [6, 6.07) is -3.91. The molecule has 9 N–H and O–H groups in total. The summed E-state index contributed by atoms with van der Waals surface area (Å²) in [5, 5.41) is 19.5. The van der Waals surface area contributed by atoms with Crippen molar-refractivity contribution in [1.82, 2.24) is 21.3 Å². The number of unbranched alkanes of at least 4 members (excludes halogenated alkanes) is 8. The van der Waals surface area contributed by atoms with Gasteiger partial charge in [-0.2, -0.15) is 0 Å². The van der Waals surface area contributed by atoms with Crippen LogP contribution >= 0.6 is 0 Å². The molecule has 0 saturated heterocycles. The first kappa shape index (κ1) is 37.3. The van der Waals surface area contributed by atoms with E-state index in [-0.39, 0.29) is 12.3 Å². The van der Waals surface area contributed by atoms with Crippen molar-refractivity contribution in [3.05, 3.63) is 0 Å². The molecular weight excluding hydrogens is 516 g/mol. The van der Waals surface area contributed by atoms with Crippen LogP contribution in [0.5, 0.6) is 0 Å². The van der Waals surface area contributed by atoms with Gasteiger partial charge in [-0.3, -0.25) is 24.0 Å². The number of nitrogens with two attached hydrogens (primary N) is 2. The van der Waals surface area contributed by atoms with E-state index in [1.165, 1.54) is 33.1 Å². The van der Waals surface area contributed by atoms with Crippen LogP contribution in [0.15, 0.2) is 0 Å². The lowest BCUT2D eigenvalue weighted by atomic mass is 10.1. The van der Waals surface area contributed by atoms with Crippen LogP contribution in [0.3, 0.4) is 0 Å². The van der Waals surface area contributed by atoms with Gasteiger partial charge in [-0.05, 0) is 71.9 Å². The summed E-state index contributed by atoms with van der Waals surface area (Å²) in [5.74, 6) is -3.12. The van der Waals surface area contributed by atoms with E-state index in [1.54, 1.807) is 0 Å². The SMILES string of the molecule is CCCCCCCCCC(=O)N[C@@H](CCCCN)C(=O)N[C@@H](C)C(=O)N[C@@H](CCCCN)C(=O)N[C@@H](C)C(=O)O. The molecule has 0 bridgehead atoms. The Morgan fingerprint density at radius 2 is 1.07 bits per heavy atom. The average Bonchev–Trinajstić information content (AvgIpc) is 2.91. The smallest absolute Gasteiger partial charge is 0.325 e. The van der Waals surface area contributed by atoms with Gasteiger partial charge in [0.15, 0.2) is 0 Å². The van der Waals surface area contributed by atoms with Gasteiger partial charge < -0.3 is 37.8 Å². The molecule has 0 heterocycles. The Hall–Kier alpha value is -2.73. The number of rotatable bonds is 24. The molecule has 4 atom stereocenters. The summed E-state index contributed by atoms with van der Waals surface area (Å²) < 4.78 is 0. The predicted molar refractivity (Wildman–Crippen MR) is 155 cm³/mol. The summed E-state index contributed by atoms with van der Waals surface area (Å²) in [4.78, 5) is 62.2. The molecule has 0 saturated carbocycles. The second-order valence-electron chi connectivity index (χ2n) is 10.4. The lowest BCUT2D eigenvalue weighted by molar-refractivity contribution is -0.141. The highest BCUT2D eigenvalue weighted by Crippen LogP contribution is 2.09. The van der Waals surface area contributed by atoms with Crippen LogP contribution < -0.4 is 32.7 Å². The summed E-state index contributed by atoms with van der Waals surface area (Å²) in [7, 11) is 0. The lowest BCUT2D eigenvalue weighted by Gasteiger charge is -2.24. The molecule has 0 aliphatic carbocycles. The fourth-order valence-electron chi connectivity index (χ4n) is 4.08. The second-order valence-corrected chi connectivity index (χ2v) is 10.4. The van der Waals surface area contributed by atoms with E-state index in [2.05, 4.69) is 28.2 Å². The van der Waals surface area contributed by atoms with Gasteiger partial charge >= 0.3 is 5.97 Å². The Kier molecular flexibility index (Phi) is 21.5. The molecule has 4 amide bonds. The molecule has 0 aliphatic rings. The second kappa shape index (κ2) is 23.0. The van der Waals surface area contributed by atoms with Gasteiger partial charge in [0.25, 0.3) is 0 Å². The summed E-state index contributed by atoms with van der Waals surface area (Å²) in [5.41, 5.74) is 11.1. The van der Waals surface area contributed by atoms with Crippen molar-refractivity contribution >= 4 is 29.6 Å². The summed E-state index contributed by atoms with van der Waals surface area (Å²) in [6.07, 6.45) is 11.1. The highest BCUT2D eigenvalue weighted by molar-refractivity contribution is 5.94. The molecule has 12 heteroatoms. The Morgan fingerprint density at radius 1 is 0.600 bits per heavy atom. The van der Waals surface area contributed by atoms with Gasteiger partial charge in [0.1, 0.15) is 24.2 Å². The van der Waals surface area contributed by atoms with Gasteiger partial charge in [0.05, 0.1) is 0 Å². The first-order valence-electron chi connectivity index (χ1n) is 14.9. The monoisotopic (exact) mass is 570 g/mol. The Bertz CT molecular complexity index is 766. The molecule has 0 radical (unpaired) electrons. The zero-order valence-corrected chi connectivity index (χ0v) is 24.8. The molecule has 0 aromatic rings. The maximum absolute atomic E-state index is 13.0. The third-order valence-electron chi connectivity index (χ3n) is 6.67. The number of carbonyl (C=O) groups is 5. The third kappa shape index (κ3) is 17.8. The highest BCUT2D eigenvalue weighted by atomic mass is 16.4. The normalized spacial score (nSPS) is 13.9. The number of nitrogens with one attached hydrogen (secondary N) is 4. The molecule has 40 heavy (non-hydrogen) atoms. The van der Waals surface area contributed by atoms with Gasteiger partial charge in [0, 0.05) is 6.42 Å². The van der Waals surface area contributed by atoms with Crippen molar-refractivity contribution in [2.45, 2.75) is 135 Å². The summed E-state index contributed by atoms with van der Waals surface area (Å²) in [6.45, 7) is 5.86. The Balaban J connectivity index is 5.04. The van der Waals surface area contributed by atoms with E-state index in [0.29, 0.717) is 51.6 Å². The third-order valence-corrected chi connectivity index (χ3v) is 6.67. The number of hydrogen-bond acceptors (Lipinski definition) is 7. The van der Waals surface area contributed by atoms with E-state index in [9.17, 15) is 24.0 Å². The van der Waals surface area contributed by atoms with Gasteiger partial charge in [-0.15, -0.1) is 0 Å². The zero-order chi connectivity index (χ0) is 30.3. The first-order chi connectivity index (χ1) is 19.1. The Labute approximate surface area is 239 Å². The summed E-state index contributed by atoms with van der Waals surface area (Å²) >= 11 is 0. The number of carboxylic acids is 1. The standard InChI is InChI=1S/C28H54N6O6/c1-4-5-6-7-8-9-10-17-24(35)33-22(15-11-13-18-29)26(37)31-20(2)25(36)34-23(16-12-14-19-30)27(38)32-21(3)28(39)40/h20-23H,4-19,29-30H2,1-3H3,(H,31,37)(H,32,38)(H,33,35)(H,34,36)(H,39,40)/t20-,21-,22-,23-/m0/s1. The molecule has 0 aromatic heterocycles. The van der Waals surface area contributed by atoms with E-state index in [1.807, 2.05) is 0 Å². The van der Waals surface area contributed by atoms with Crippen LogP contribution in [-0.4, -0.2) is 72.0 Å². The maximum Gasteiger partial charge on any atom is 0.325 e. The fraction of sp³-hybridized carbons (Fsp3) is 0.821. The van der Waals surface area contributed by atoms with Crippen molar-refractivity contribution in [3.8, 4) is 0 Å². The minimum atomic E-state index is -1.20. The zero-order valence-electron chi connectivity index (χ0n) is 24.8. The fourth-order valence-corrected chi connectivity index (χ4v) is 4.08. The average molecular weight is 571 g/mol. The van der Waals surface area contributed by atoms with Gasteiger partial charge in [-0.25, -0.2) is 0 Å². The van der Waals surface area contributed by atoms with Crippen LogP contribution in [0.4, 0.5) is 0 Å². The molecule has 0 aliphatic heterocycles. The van der Waals surface area contributed by atoms with Crippen molar-refractivity contribution in [3.63, 3.8) is 0 Å². The molecule has 0 unspecified atom stereocenters. The van der Waals surface area contributed by atoms with E-state index >= 15 is 0 Å². The molecule has 232 valence electrons. The molecule has 12 nitrogen and oxygen atoms in total. The minimum Gasteiger partial charge on any atom is -0.480 e. The van der Waals surface area contributed by atoms with Crippen LogP contribution in [0, 0.1) is 0 Å². The Morgan fingerprint density at radius 3 is 1.57 bits per heavy atom. The molecule has 0 rings (SSSR count). The molecule has 0 spiro atoms. The predicted octanol–water partition coefficient (Wildman–Crippen LogP) is 1.45. The highest BCUT2D eigenvalue weighted by Gasteiger charge is 2.28. The van der Waals surface area contributed by atoms with Crippen LogP contribution in [-0.2, 0) is 24.0 Å². The quantitative estimate of drug-likeness (QED) is 0.0843. The van der Waals surface area contributed by atoms with Crippen LogP contribution in [0.25, 0.3) is 0 Å². The van der Waals surface area contributed by atoms with Gasteiger partial charge in [0.2, 0.25) is 23.6 Å². The van der Waals surface area contributed by atoms with Gasteiger partial charge in [-0.1, -0.05) is 45.4 Å². The van der Waals surface area contributed by atoms with E-state index < -0.39 is 47.9 Å². The molecule has 0 fully saturated rings. The van der Waals surface area contributed by atoms with Crippen LogP contribution in [0.1, 0.15) is 111 Å². The maximum atomic E-state index is 13.0. The molecule has 0 aromatic carbocycles. The lowest BCUT2D eigenvalue weighted by Crippen LogP contribution is -2.56. The topological polar surface area (TPSA) is 206 Å². The van der Waals surface area contributed by atoms with E-state index in [0.717, 1.165) is 25.7 Å².